The number of nitrogens with zero attached hydrogens (tertiary/aromatic N) is 2. The summed E-state index contributed by atoms with van der Waals surface area (Å²) in [5.74, 6) is 0. The maximum absolute atomic E-state index is 2.65. The Morgan fingerprint density at radius 2 is 0.667 bits per heavy atom. The maximum Gasteiger partial charge on any atom is 0.0619 e. The van der Waals surface area contributed by atoms with Gasteiger partial charge in [-0.3, -0.25) is 0 Å². The summed E-state index contributed by atoms with van der Waals surface area (Å²) in [5.41, 5.74) is 23.9. The van der Waals surface area contributed by atoms with Crippen molar-refractivity contribution >= 4 is 71.2 Å². The van der Waals surface area contributed by atoms with Crippen LogP contribution in [-0.2, 0) is 10.8 Å². The van der Waals surface area contributed by atoms with Gasteiger partial charge in [0.1, 0.15) is 0 Å². The molecule has 0 saturated carbocycles. The lowest BCUT2D eigenvalue weighted by atomic mass is 9.85. The summed E-state index contributed by atoms with van der Waals surface area (Å²) in [6, 6.07) is 83.5. The zero-order valence-electron chi connectivity index (χ0n) is 46.7. The monoisotopic (exact) mass is 1010 g/mol. The highest BCUT2D eigenvalue weighted by molar-refractivity contribution is 6.28. The zero-order chi connectivity index (χ0) is 53.8. The third kappa shape index (κ3) is 8.25. The van der Waals surface area contributed by atoms with Crippen LogP contribution in [0, 0.1) is 27.7 Å². The predicted octanol–water partition coefficient (Wildman–Crippen LogP) is 21.6. The Bertz CT molecular complexity index is 4100. The molecule has 12 aromatic carbocycles. The second-order valence-corrected chi connectivity index (χ2v) is 24.1. The molecule has 2 heteroatoms. The number of rotatable bonds is 8. The lowest BCUT2D eigenvalue weighted by Gasteiger charge is -2.35. The van der Waals surface area contributed by atoms with Crippen LogP contribution in [0.15, 0.2) is 218 Å². The molecule has 0 saturated heterocycles. The molecule has 2 nitrogen and oxygen atoms in total. The van der Waals surface area contributed by atoms with E-state index in [1.807, 2.05) is 0 Å². The number of hydrogen-bond acceptors (Lipinski definition) is 1. The summed E-state index contributed by atoms with van der Waals surface area (Å²) in [5, 5.41) is 9.97. The number of hydrogen-bond donors (Lipinski definition) is 0. The summed E-state index contributed by atoms with van der Waals surface area (Å²) < 4.78 is 2.54. The number of aromatic nitrogens is 1. The summed E-state index contributed by atoms with van der Waals surface area (Å²) in [6.07, 6.45) is 0. The molecule has 78 heavy (non-hydrogen) atoms. The van der Waals surface area contributed by atoms with Crippen molar-refractivity contribution in [2.24, 2.45) is 0 Å². The van der Waals surface area contributed by atoms with E-state index in [0.29, 0.717) is 0 Å². The van der Waals surface area contributed by atoms with Gasteiger partial charge in [0.15, 0.2) is 0 Å². The van der Waals surface area contributed by atoms with Crippen LogP contribution in [0.2, 0.25) is 0 Å². The first-order valence-corrected chi connectivity index (χ1v) is 27.7. The van der Waals surface area contributed by atoms with Crippen molar-refractivity contribution in [1.29, 1.82) is 0 Å². The Morgan fingerprint density at radius 3 is 1.05 bits per heavy atom. The molecule has 0 radical (unpaired) electrons. The molecule has 0 atom stereocenters. The average molecular weight is 1010 g/mol. The zero-order valence-corrected chi connectivity index (χ0v) is 46.7. The Morgan fingerprint density at radius 1 is 0.321 bits per heavy atom. The van der Waals surface area contributed by atoms with E-state index in [1.165, 1.54) is 93.2 Å². The van der Waals surface area contributed by atoms with Gasteiger partial charge in [-0.2, -0.15) is 0 Å². The van der Waals surface area contributed by atoms with Gasteiger partial charge in [0.2, 0.25) is 0 Å². The highest BCUT2D eigenvalue weighted by Gasteiger charge is 2.30. The normalized spacial score (nSPS) is 12.2. The fraction of sp³-hybridized carbons (Fsp3) is 0.158. The van der Waals surface area contributed by atoms with E-state index in [1.54, 1.807) is 0 Å². The van der Waals surface area contributed by atoms with Crippen molar-refractivity contribution < 1.29 is 0 Å². The van der Waals surface area contributed by atoms with E-state index in [2.05, 4.69) is 297 Å². The smallest absolute Gasteiger partial charge is 0.0619 e. The number of aryl methyl sites for hydroxylation is 4. The molecule has 13 aromatic rings. The third-order valence-corrected chi connectivity index (χ3v) is 16.6. The minimum Gasteiger partial charge on any atom is -0.309 e. The molecule has 0 unspecified atom stereocenters. The van der Waals surface area contributed by atoms with Crippen molar-refractivity contribution in [2.45, 2.75) is 80.1 Å². The van der Waals surface area contributed by atoms with Gasteiger partial charge in [-0.25, -0.2) is 0 Å². The molecule has 0 aliphatic carbocycles. The summed E-state index contributed by atoms with van der Waals surface area (Å²) >= 11 is 0. The minimum absolute atomic E-state index is 0.00589. The van der Waals surface area contributed by atoms with Gasteiger partial charge in [-0.1, -0.05) is 246 Å². The molecule has 0 N–H and O–H groups in total. The van der Waals surface area contributed by atoms with Crippen LogP contribution in [0.25, 0.3) is 104 Å². The van der Waals surface area contributed by atoms with Gasteiger partial charge in [-0.05, 0) is 130 Å². The SMILES string of the molecule is Cc1ccc(-c2cccc(-c3ccc(C)cc3)c2N(c2c(-c3ccc(C)cc3)cccc2-c2ccc(C)cc2)c2ccc3ccc4c(-n5c6ccc(C(C)(C)C)cc6c6cc(C(C)(C)C)ccc65)ccc5ccc2c3c54)cc1. The standard InChI is InChI=1S/C76H66N2/c1-47-17-25-51(26-18-47)59-13-11-14-60(52-27-19-48(2)20-28-52)73(59)78(74-61(53-29-21-49(3)22-30-53)15-12-16-62(74)54-31-23-50(4)24-32-54)68-42-36-56-33-39-63-67(41-35-55-34-40-64(68)72(56)71(55)63)77-69-43-37-57(75(5,6)7)45-65(69)66-46-58(76(8,9)10)38-44-70(66)77/h11-46H,1-10H3. The largest absolute Gasteiger partial charge is 0.309 e. The second-order valence-electron chi connectivity index (χ2n) is 24.1. The van der Waals surface area contributed by atoms with Crippen LogP contribution in [0.5, 0.6) is 0 Å². The van der Waals surface area contributed by atoms with E-state index in [0.717, 1.165) is 61.6 Å². The van der Waals surface area contributed by atoms with Crippen LogP contribution in [0.4, 0.5) is 17.1 Å². The third-order valence-electron chi connectivity index (χ3n) is 16.6. The maximum atomic E-state index is 2.65. The van der Waals surface area contributed by atoms with Gasteiger partial charge < -0.3 is 9.47 Å². The average Bonchev–Trinajstić information content (AvgIpc) is 3.86. The van der Waals surface area contributed by atoms with Crippen molar-refractivity contribution in [1.82, 2.24) is 4.57 Å². The van der Waals surface area contributed by atoms with Gasteiger partial charge in [-0.15, -0.1) is 0 Å². The van der Waals surface area contributed by atoms with E-state index in [9.17, 15) is 0 Å². The minimum atomic E-state index is 0.00589. The number of para-hydroxylation sites is 2. The molecule has 0 aliphatic rings. The summed E-state index contributed by atoms with van der Waals surface area (Å²) in [4.78, 5) is 2.65. The van der Waals surface area contributed by atoms with E-state index < -0.39 is 0 Å². The molecule has 0 spiro atoms. The Hall–Kier alpha value is -8.72. The molecule has 0 fully saturated rings. The first-order valence-electron chi connectivity index (χ1n) is 27.7. The fourth-order valence-corrected chi connectivity index (χ4v) is 12.2. The quantitative estimate of drug-likeness (QED) is 0.138. The van der Waals surface area contributed by atoms with E-state index in [4.69, 9.17) is 0 Å². The first kappa shape index (κ1) is 48.9. The molecule has 1 heterocycles. The lowest BCUT2D eigenvalue weighted by Crippen LogP contribution is -2.15. The molecule has 380 valence electrons. The topological polar surface area (TPSA) is 8.17 Å². The van der Waals surface area contributed by atoms with E-state index in [-0.39, 0.29) is 10.8 Å². The lowest BCUT2D eigenvalue weighted by molar-refractivity contribution is 0.590. The highest BCUT2D eigenvalue weighted by Crippen LogP contribution is 2.55. The Labute approximate surface area is 460 Å². The second kappa shape index (κ2) is 18.5. The molecule has 1 aromatic heterocycles. The predicted molar refractivity (Wildman–Crippen MR) is 337 cm³/mol. The molecule has 13 rings (SSSR count). The molecular weight excluding hydrogens is 941 g/mol. The molecule has 0 aliphatic heterocycles. The van der Waals surface area contributed by atoms with Crippen molar-refractivity contribution in [3.05, 3.63) is 252 Å². The highest BCUT2D eigenvalue weighted by atomic mass is 15.2. The Balaban J connectivity index is 1.16. The fourth-order valence-electron chi connectivity index (χ4n) is 12.2. The van der Waals surface area contributed by atoms with Crippen LogP contribution < -0.4 is 4.90 Å². The van der Waals surface area contributed by atoms with E-state index >= 15 is 0 Å². The number of fused-ring (bicyclic) bond motifs is 3. The van der Waals surface area contributed by atoms with Crippen molar-refractivity contribution in [2.75, 3.05) is 4.90 Å². The van der Waals surface area contributed by atoms with Crippen molar-refractivity contribution in [3.63, 3.8) is 0 Å². The molecular formula is C76H66N2. The summed E-state index contributed by atoms with van der Waals surface area (Å²) in [7, 11) is 0. The van der Waals surface area contributed by atoms with Gasteiger partial charge >= 0.3 is 0 Å². The number of anilines is 3. The first-order chi connectivity index (χ1) is 37.6. The van der Waals surface area contributed by atoms with Gasteiger partial charge in [0.05, 0.1) is 33.8 Å². The van der Waals surface area contributed by atoms with Crippen LogP contribution in [-0.4, -0.2) is 4.57 Å². The van der Waals surface area contributed by atoms with Crippen LogP contribution in [0.1, 0.15) is 74.9 Å². The molecule has 0 amide bonds. The van der Waals surface area contributed by atoms with Gasteiger partial charge in [0, 0.05) is 43.8 Å². The van der Waals surface area contributed by atoms with Crippen molar-refractivity contribution in [3.8, 4) is 50.2 Å². The molecule has 0 bridgehead atoms. The van der Waals surface area contributed by atoms with Gasteiger partial charge in [0.25, 0.3) is 0 Å². The number of benzene rings is 12. The summed E-state index contributed by atoms with van der Waals surface area (Å²) in [6.45, 7) is 22.6. The Kier molecular flexibility index (Phi) is 11.6. The van der Waals surface area contributed by atoms with Crippen LogP contribution >= 0.6 is 0 Å². The van der Waals surface area contributed by atoms with Crippen LogP contribution in [0.3, 0.4) is 0 Å².